The molecular weight excluding hydrogens is 427 g/mol. The number of nitrogens with one attached hydrogen (secondary N) is 2. The fraction of sp³-hybridized carbons (Fsp3) is 0.733. The van der Waals surface area contributed by atoms with E-state index in [1.165, 1.54) is 4.88 Å². The highest BCUT2D eigenvalue weighted by atomic mass is 127. The average Bonchev–Trinajstić information content (AvgIpc) is 2.81. The number of rotatable bonds is 10. The van der Waals surface area contributed by atoms with Crippen LogP contribution in [-0.2, 0) is 16.0 Å². The van der Waals surface area contributed by atoms with Crippen molar-refractivity contribution in [2.75, 3.05) is 40.0 Å². The number of hydrogen-bond acceptors (Lipinski definition) is 5. The van der Waals surface area contributed by atoms with Crippen molar-refractivity contribution in [3.63, 3.8) is 0 Å². The van der Waals surface area contributed by atoms with E-state index in [4.69, 9.17) is 9.47 Å². The van der Waals surface area contributed by atoms with Crippen LogP contribution in [0, 0.1) is 13.8 Å². The molecule has 0 saturated carbocycles. The standard InChI is InChI=1S/C15H28N4O2S.HI/c1-5-16-15(17-7-6-8-21-10-9-20-4)18-11-14-12(2)19-13(3)22-14;/h5-11H2,1-4H3,(H2,16,17,18);1H. The maximum absolute atomic E-state index is 5.43. The molecule has 1 rings (SSSR count). The first-order valence-electron chi connectivity index (χ1n) is 7.69. The van der Waals surface area contributed by atoms with Crippen LogP contribution in [0.5, 0.6) is 0 Å². The molecule has 0 fully saturated rings. The van der Waals surface area contributed by atoms with E-state index in [1.54, 1.807) is 18.4 Å². The zero-order valence-electron chi connectivity index (χ0n) is 14.5. The van der Waals surface area contributed by atoms with Crippen molar-refractivity contribution >= 4 is 41.3 Å². The van der Waals surface area contributed by atoms with Gasteiger partial charge in [0.25, 0.3) is 0 Å². The van der Waals surface area contributed by atoms with Gasteiger partial charge in [-0.2, -0.15) is 0 Å². The van der Waals surface area contributed by atoms with Gasteiger partial charge in [0.1, 0.15) is 0 Å². The van der Waals surface area contributed by atoms with Crippen LogP contribution in [0.3, 0.4) is 0 Å². The van der Waals surface area contributed by atoms with Crippen LogP contribution in [0.25, 0.3) is 0 Å². The molecule has 0 aliphatic carbocycles. The van der Waals surface area contributed by atoms with Gasteiger partial charge < -0.3 is 20.1 Å². The second kappa shape index (κ2) is 13.9. The molecule has 0 bridgehead atoms. The molecule has 0 aromatic carbocycles. The lowest BCUT2D eigenvalue weighted by atomic mass is 10.4. The van der Waals surface area contributed by atoms with Crippen LogP contribution < -0.4 is 10.6 Å². The Labute approximate surface area is 160 Å². The molecule has 8 heteroatoms. The van der Waals surface area contributed by atoms with Crippen molar-refractivity contribution in [1.29, 1.82) is 0 Å². The number of nitrogens with zero attached hydrogens (tertiary/aromatic N) is 2. The van der Waals surface area contributed by atoms with Gasteiger partial charge in [-0.3, -0.25) is 0 Å². The van der Waals surface area contributed by atoms with E-state index in [-0.39, 0.29) is 24.0 Å². The number of halogens is 1. The van der Waals surface area contributed by atoms with E-state index in [9.17, 15) is 0 Å². The maximum Gasteiger partial charge on any atom is 0.191 e. The molecular formula is C15H29IN4O2S. The van der Waals surface area contributed by atoms with Gasteiger partial charge in [0.15, 0.2) is 5.96 Å². The topological polar surface area (TPSA) is 67.8 Å². The zero-order chi connectivity index (χ0) is 16.2. The van der Waals surface area contributed by atoms with Crippen molar-refractivity contribution in [1.82, 2.24) is 15.6 Å². The Bertz CT molecular complexity index is 455. The Morgan fingerprint density at radius 1 is 1.22 bits per heavy atom. The second-order valence-corrected chi connectivity index (χ2v) is 6.11. The number of ether oxygens (including phenoxy) is 2. The smallest absolute Gasteiger partial charge is 0.191 e. The van der Waals surface area contributed by atoms with E-state index in [0.717, 1.165) is 42.8 Å². The second-order valence-electron chi connectivity index (χ2n) is 4.82. The van der Waals surface area contributed by atoms with Crippen LogP contribution in [0.15, 0.2) is 4.99 Å². The van der Waals surface area contributed by atoms with Crippen LogP contribution in [0.4, 0.5) is 0 Å². The fourth-order valence-electron chi connectivity index (χ4n) is 1.84. The molecule has 0 unspecified atom stereocenters. The Kier molecular flexibility index (Phi) is 13.7. The normalized spacial score (nSPS) is 11.2. The van der Waals surface area contributed by atoms with E-state index in [2.05, 4.69) is 27.5 Å². The van der Waals surface area contributed by atoms with Gasteiger partial charge in [0.2, 0.25) is 0 Å². The third kappa shape index (κ3) is 10.1. The zero-order valence-corrected chi connectivity index (χ0v) is 17.6. The molecule has 0 spiro atoms. The molecule has 23 heavy (non-hydrogen) atoms. The van der Waals surface area contributed by atoms with Crippen molar-refractivity contribution in [2.24, 2.45) is 4.99 Å². The summed E-state index contributed by atoms with van der Waals surface area (Å²) in [5, 5.41) is 7.66. The highest BCUT2D eigenvalue weighted by Crippen LogP contribution is 2.17. The van der Waals surface area contributed by atoms with Gasteiger partial charge in [0, 0.05) is 31.7 Å². The number of aliphatic imine (C=N–C) groups is 1. The maximum atomic E-state index is 5.43. The summed E-state index contributed by atoms with van der Waals surface area (Å²) in [6, 6.07) is 0. The Balaban J connectivity index is 0.00000484. The van der Waals surface area contributed by atoms with Gasteiger partial charge >= 0.3 is 0 Å². The fourth-order valence-corrected chi connectivity index (χ4v) is 2.70. The monoisotopic (exact) mass is 456 g/mol. The van der Waals surface area contributed by atoms with Crippen molar-refractivity contribution in [3.05, 3.63) is 15.6 Å². The first-order chi connectivity index (χ1) is 10.7. The number of thiazole rings is 1. The van der Waals surface area contributed by atoms with Gasteiger partial charge in [-0.05, 0) is 27.2 Å². The van der Waals surface area contributed by atoms with Crippen LogP contribution in [0.2, 0.25) is 0 Å². The summed E-state index contributed by atoms with van der Waals surface area (Å²) in [5.41, 5.74) is 1.08. The molecule has 1 aromatic heterocycles. The summed E-state index contributed by atoms with van der Waals surface area (Å²) >= 11 is 1.71. The average molecular weight is 456 g/mol. The van der Waals surface area contributed by atoms with Gasteiger partial charge in [-0.1, -0.05) is 0 Å². The molecule has 0 atom stereocenters. The third-order valence-electron chi connectivity index (χ3n) is 2.91. The Morgan fingerprint density at radius 3 is 2.61 bits per heavy atom. The summed E-state index contributed by atoms with van der Waals surface area (Å²) in [4.78, 5) is 10.3. The molecule has 1 heterocycles. The van der Waals surface area contributed by atoms with E-state index in [0.29, 0.717) is 19.8 Å². The van der Waals surface area contributed by atoms with Gasteiger partial charge in [-0.15, -0.1) is 35.3 Å². The summed E-state index contributed by atoms with van der Waals surface area (Å²) in [7, 11) is 1.68. The highest BCUT2D eigenvalue weighted by molar-refractivity contribution is 14.0. The van der Waals surface area contributed by atoms with E-state index < -0.39 is 0 Å². The van der Waals surface area contributed by atoms with Crippen molar-refractivity contribution in [2.45, 2.75) is 33.7 Å². The SMILES string of the molecule is CCNC(=NCc1sc(C)nc1C)NCCCOCCOC.I. The number of hydrogen-bond donors (Lipinski definition) is 2. The van der Waals surface area contributed by atoms with Crippen molar-refractivity contribution in [3.8, 4) is 0 Å². The van der Waals surface area contributed by atoms with Crippen molar-refractivity contribution < 1.29 is 9.47 Å². The number of aromatic nitrogens is 1. The van der Waals surface area contributed by atoms with Crippen LogP contribution in [-0.4, -0.2) is 51.0 Å². The quantitative estimate of drug-likeness (QED) is 0.245. The molecule has 0 aliphatic rings. The van der Waals surface area contributed by atoms with E-state index in [1.807, 2.05) is 13.8 Å². The number of guanidine groups is 1. The molecule has 0 radical (unpaired) electrons. The summed E-state index contributed by atoms with van der Waals surface area (Å²) in [6.07, 6.45) is 0.937. The first kappa shape index (κ1) is 22.6. The molecule has 1 aromatic rings. The largest absolute Gasteiger partial charge is 0.382 e. The minimum absolute atomic E-state index is 0. The number of methoxy groups -OCH3 is 1. The minimum Gasteiger partial charge on any atom is -0.382 e. The van der Waals surface area contributed by atoms with Crippen LogP contribution in [0.1, 0.15) is 28.9 Å². The molecule has 2 N–H and O–H groups in total. The summed E-state index contributed by atoms with van der Waals surface area (Å²) < 4.78 is 10.4. The molecule has 6 nitrogen and oxygen atoms in total. The molecule has 0 saturated heterocycles. The van der Waals surface area contributed by atoms with Gasteiger partial charge in [-0.25, -0.2) is 9.98 Å². The predicted octanol–water partition coefficient (Wildman–Crippen LogP) is 2.49. The van der Waals surface area contributed by atoms with Gasteiger partial charge in [0.05, 0.1) is 30.5 Å². The first-order valence-corrected chi connectivity index (χ1v) is 8.50. The summed E-state index contributed by atoms with van der Waals surface area (Å²) in [5.74, 6) is 0.838. The van der Waals surface area contributed by atoms with E-state index >= 15 is 0 Å². The molecule has 0 amide bonds. The lowest BCUT2D eigenvalue weighted by Gasteiger charge is -2.11. The molecule has 0 aliphatic heterocycles. The third-order valence-corrected chi connectivity index (χ3v) is 3.97. The predicted molar refractivity (Wildman–Crippen MR) is 107 cm³/mol. The number of aryl methyl sites for hydroxylation is 2. The summed E-state index contributed by atoms with van der Waals surface area (Å²) in [6.45, 7) is 10.5. The lowest BCUT2D eigenvalue weighted by molar-refractivity contribution is 0.0698. The minimum atomic E-state index is 0. The Hall–Kier alpha value is -0.450. The highest BCUT2D eigenvalue weighted by Gasteiger charge is 2.04. The van der Waals surface area contributed by atoms with Crippen LogP contribution >= 0.6 is 35.3 Å². The Morgan fingerprint density at radius 2 is 2.00 bits per heavy atom. The lowest BCUT2D eigenvalue weighted by Crippen LogP contribution is -2.38. The molecule has 134 valence electrons.